The van der Waals surface area contributed by atoms with Crippen LogP contribution in [0.1, 0.15) is 127 Å². The van der Waals surface area contributed by atoms with Crippen molar-refractivity contribution >= 4 is 0 Å². The van der Waals surface area contributed by atoms with Crippen LogP contribution < -0.4 is 10.6 Å². The van der Waals surface area contributed by atoms with Gasteiger partial charge in [-0.3, -0.25) is 0 Å². The first-order chi connectivity index (χ1) is 16.8. The fraction of sp³-hybridized carbons (Fsp3) is 0.647. The van der Waals surface area contributed by atoms with Crippen molar-refractivity contribution in [3.63, 3.8) is 0 Å². The van der Waals surface area contributed by atoms with Gasteiger partial charge >= 0.3 is 0 Å². The van der Waals surface area contributed by atoms with Gasteiger partial charge in [0.25, 0.3) is 0 Å². The van der Waals surface area contributed by atoms with Gasteiger partial charge in [0.05, 0.1) is 0 Å². The van der Waals surface area contributed by atoms with E-state index in [1.807, 2.05) is 0 Å². The molecule has 0 saturated carbocycles. The molecule has 0 aliphatic heterocycles. The lowest BCUT2D eigenvalue weighted by atomic mass is 9.63. The molecule has 0 aromatic heterocycles. The minimum Gasteiger partial charge on any atom is -0.313 e. The summed E-state index contributed by atoms with van der Waals surface area (Å²) < 4.78 is 0. The highest BCUT2D eigenvalue weighted by Crippen LogP contribution is 2.47. The van der Waals surface area contributed by atoms with Crippen LogP contribution in [-0.4, -0.2) is 13.1 Å². The topological polar surface area (TPSA) is 24.1 Å². The Labute approximate surface area is 222 Å². The van der Waals surface area contributed by atoms with Gasteiger partial charge in [-0.1, -0.05) is 91.8 Å². The molecule has 0 unspecified atom stereocenters. The van der Waals surface area contributed by atoms with Gasteiger partial charge in [0, 0.05) is 13.1 Å². The molecule has 2 aliphatic carbocycles. The van der Waals surface area contributed by atoms with Crippen molar-refractivity contribution in [3.05, 3.63) is 69.8 Å². The molecule has 0 spiro atoms. The van der Waals surface area contributed by atoms with Gasteiger partial charge in [-0.25, -0.2) is 0 Å². The molecule has 2 heteroatoms. The lowest BCUT2D eigenvalue weighted by molar-refractivity contribution is 0.331. The molecule has 198 valence electrons. The van der Waals surface area contributed by atoms with Crippen LogP contribution >= 0.6 is 0 Å². The van der Waals surface area contributed by atoms with E-state index in [-0.39, 0.29) is 10.8 Å². The van der Waals surface area contributed by atoms with E-state index in [1.165, 1.54) is 49.7 Å². The average Bonchev–Trinajstić information content (AvgIpc) is 2.82. The molecule has 2 aromatic carbocycles. The molecular formula is C34H52N2. The molecule has 0 heterocycles. The summed E-state index contributed by atoms with van der Waals surface area (Å²) in [4.78, 5) is 0. The van der Waals surface area contributed by atoms with Crippen molar-refractivity contribution in [1.82, 2.24) is 10.6 Å². The van der Waals surface area contributed by atoms with Gasteiger partial charge in [0.15, 0.2) is 0 Å². The van der Waals surface area contributed by atoms with Crippen molar-refractivity contribution in [3.8, 4) is 0 Å². The molecule has 0 bridgehead atoms. The number of unbranched alkanes of at least 4 members (excludes halogenated alkanes) is 1. The second-order valence-corrected chi connectivity index (χ2v) is 14.4. The first-order valence-electron chi connectivity index (χ1n) is 14.5. The van der Waals surface area contributed by atoms with E-state index in [4.69, 9.17) is 0 Å². The first kappa shape index (κ1) is 27.4. The Morgan fingerprint density at radius 1 is 0.500 bits per heavy atom. The van der Waals surface area contributed by atoms with E-state index in [0.29, 0.717) is 10.8 Å². The van der Waals surface area contributed by atoms with Crippen LogP contribution in [0.4, 0.5) is 0 Å². The fourth-order valence-corrected chi connectivity index (χ4v) is 6.46. The van der Waals surface area contributed by atoms with Crippen molar-refractivity contribution in [2.45, 2.75) is 129 Å². The van der Waals surface area contributed by atoms with Crippen LogP contribution in [0.5, 0.6) is 0 Å². The Kier molecular flexibility index (Phi) is 7.81. The summed E-state index contributed by atoms with van der Waals surface area (Å²) in [6.45, 7) is 23.4. The zero-order valence-corrected chi connectivity index (χ0v) is 24.5. The summed E-state index contributed by atoms with van der Waals surface area (Å²) in [5, 5.41) is 7.38. The van der Waals surface area contributed by atoms with E-state index in [0.717, 1.165) is 26.2 Å². The lowest BCUT2D eigenvalue weighted by Gasteiger charge is -2.42. The third-order valence-electron chi connectivity index (χ3n) is 9.45. The highest BCUT2D eigenvalue weighted by molar-refractivity contribution is 5.44. The molecule has 0 radical (unpaired) electrons. The fourth-order valence-electron chi connectivity index (χ4n) is 6.46. The average molecular weight is 489 g/mol. The first-order valence-corrected chi connectivity index (χ1v) is 14.5. The molecule has 2 aliphatic rings. The number of rotatable bonds is 9. The summed E-state index contributed by atoms with van der Waals surface area (Å²) in [6.07, 6.45) is 7.53. The van der Waals surface area contributed by atoms with Crippen molar-refractivity contribution < 1.29 is 0 Å². The quantitative estimate of drug-likeness (QED) is 0.349. The number of hydrogen-bond acceptors (Lipinski definition) is 2. The van der Waals surface area contributed by atoms with Gasteiger partial charge in [0.2, 0.25) is 0 Å². The third kappa shape index (κ3) is 5.91. The third-order valence-corrected chi connectivity index (χ3v) is 9.45. The van der Waals surface area contributed by atoms with Crippen molar-refractivity contribution in [2.24, 2.45) is 0 Å². The number of nitrogens with one attached hydrogen (secondary N) is 2. The standard InChI is InChI=1S/C34H52N2/c1-31(2)15-17-33(5,6)29-21-25(11-13-27(29)31)23-35-19-9-10-20-36-24-26-12-14-28-30(22-26)34(7,8)18-16-32(28,3)4/h11-14,21-22,35-36H,9-10,15-20,23-24H2,1-8H3. The van der Waals surface area contributed by atoms with Gasteiger partial charge in [-0.2, -0.15) is 0 Å². The predicted octanol–water partition coefficient (Wildman–Crippen LogP) is 8.04. The summed E-state index contributed by atoms with van der Waals surface area (Å²) in [6, 6.07) is 14.5. The SMILES string of the molecule is CC1(C)CCC(C)(C)c2cc(CNCCCCNCc3ccc4c(c3)C(C)(C)CCC4(C)C)ccc21. The monoisotopic (exact) mass is 488 g/mol. The van der Waals surface area contributed by atoms with Crippen LogP contribution in [-0.2, 0) is 34.7 Å². The van der Waals surface area contributed by atoms with Gasteiger partial charge in [-0.15, -0.1) is 0 Å². The number of fused-ring (bicyclic) bond motifs is 2. The molecule has 36 heavy (non-hydrogen) atoms. The normalized spacial score (nSPS) is 21.0. The van der Waals surface area contributed by atoms with E-state index in [2.05, 4.69) is 102 Å². The van der Waals surface area contributed by atoms with Crippen LogP contribution in [0, 0.1) is 0 Å². The van der Waals surface area contributed by atoms with Crippen LogP contribution in [0.25, 0.3) is 0 Å². The maximum Gasteiger partial charge on any atom is 0.0205 e. The molecule has 2 N–H and O–H groups in total. The molecule has 2 aromatic rings. The second-order valence-electron chi connectivity index (χ2n) is 14.4. The van der Waals surface area contributed by atoms with Crippen molar-refractivity contribution in [1.29, 1.82) is 0 Å². The summed E-state index contributed by atoms with van der Waals surface area (Å²) in [5.41, 5.74) is 10.3. The smallest absolute Gasteiger partial charge is 0.0205 e. The Bertz CT molecular complexity index is 971. The Morgan fingerprint density at radius 3 is 1.19 bits per heavy atom. The maximum absolute atomic E-state index is 3.69. The van der Waals surface area contributed by atoms with Gasteiger partial charge in [-0.05, 0) is 107 Å². The second kappa shape index (κ2) is 10.3. The number of benzene rings is 2. The Hall–Kier alpha value is -1.64. The van der Waals surface area contributed by atoms with Crippen LogP contribution in [0.3, 0.4) is 0 Å². The molecule has 2 nitrogen and oxygen atoms in total. The zero-order valence-electron chi connectivity index (χ0n) is 24.5. The molecule has 0 amide bonds. The van der Waals surface area contributed by atoms with Crippen LogP contribution in [0.15, 0.2) is 36.4 Å². The molecular weight excluding hydrogens is 436 g/mol. The van der Waals surface area contributed by atoms with Gasteiger partial charge in [0.1, 0.15) is 0 Å². The van der Waals surface area contributed by atoms with E-state index < -0.39 is 0 Å². The molecule has 0 saturated heterocycles. The van der Waals surface area contributed by atoms with E-state index >= 15 is 0 Å². The zero-order chi connectivity index (χ0) is 26.2. The minimum absolute atomic E-state index is 0.288. The minimum atomic E-state index is 0.288. The highest BCUT2D eigenvalue weighted by Gasteiger charge is 2.38. The van der Waals surface area contributed by atoms with Gasteiger partial charge < -0.3 is 10.6 Å². The van der Waals surface area contributed by atoms with Crippen molar-refractivity contribution in [2.75, 3.05) is 13.1 Å². The lowest BCUT2D eigenvalue weighted by Crippen LogP contribution is -2.34. The Balaban J connectivity index is 1.19. The molecule has 0 atom stereocenters. The summed E-state index contributed by atoms with van der Waals surface area (Å²) >= 11 is 0. The van der Waals surface area contributed by atoms with E-state index in [9.17, 15) is 0 Å². The Morgan fingerprint density at radius 2 is 0.833 bits per heavy atom. The summed E-state index contributed by atoms with van der Waals surface area (Å²) in [5.74, 6) is 0. The highest BCUT2D eigenvalue weighted by atomic mass is 14.9. The van der Waals surface area contributed by atoms with E-state index in [1.54, 1.807) is 22.3 Å². The molecule has 0 fully saturated rings. The number of hydrogen-bond donors (Lipinski definition) is 2. The predicted molar refractivity (Wildman–Crippen MR) is 156 cm³/mol. The van der Waals surface area contributed by atoms with Crippen LogP contribution in [0.2, 0.25) is 0 Å². The maximum atomic E-state index is 3.69. The largest absolute Gasteiger partial charge is 0.313 e. The summed E-state index contributed by atoms with van der Waals surface area (Å²) in [7, 11) is 0. The molecule has 4 rings (SSSR count).